The summed E-state index contributed by atoms with van der Waals surface area (Å²) in [4.78, 5) is 15.1. The lowest BCUT2D eigenvalue weighted by atomic mass is 9.96. The topological polar surface area (TPSA) is 49.6 Å². The van der Waals surface area contributed by atoms with Crippen LogP contribution < -0.4 is 5.73 Å². The number of alkyl halides is 3. The lowest BCUT2D eigenvalue weighted by molar-refractivity contribution is -0.164. The van der Waals surface area contributed by atoms with E-state index < -0.39 is 12.7 Å². The Labute approximate surface area is 111 Å². The number of nitrogens with two attached hydrogens (primary N) is 1. The lowest BCUT2D eigenvalue weighted by Gasteiger charge is -2.34. The Morgan fingerprint density at radius 1 is 1.47 bits per heavy atom. The van der Waals surface area contributed by atoms with E-state index in [0.717, 1.165) is 17.9 Å². The first-order chi connectivity index (χ1) is 8.87. The van der Waals surface area contributed by atoms with E-state index in [9.17, 15) is 18.0 Å². The van der Waals surface area contributed by atoms with Crippen molar-refractivity contribution in [2.75, 3.05) is 39.3 Å². The molecule has 1 atom stereocenters. The maximum Gasteiger partial charge on any atom is 0.406 e. The van der Waals surface area contributed by atoms with E-state index in [1.165, 1.54) is 0 Å². The normalized spacial score (nSPS) is 21.4. The number of rotatable bonds is 5. The average Bonchev–Trinajstić information content (AvgIpc) is 2.35. The molecule has 0 spiro atoms. The monoisotopic (exact) mass is 281 g/mol. The second kappa shape index (κ2) is 7.09. The molecule has 0 aliphatic carbocycles. The van der Waals surface area contributed by atoms with Crippen LogP contribution in [-0.4, -0.2) is 61.2 Å². The van der Waals surface area contributed by atoms with Crippen molar-refractivity contribution in [3.8, 4) is 0 Å². The van der Waals surface area contributed by atoms with Crippen molar-refractivity contribution in [1.29, 1.82) is 0 Å². The summed E-state index contributed by atoms with van der Waals surface area (Å²) in [5.41, 5.74) is 5.46. The second-order valence-electron chi connectivity index (χ2n) is 4.90. The minimum Gasteiger partial charge on any atom is -0.334 e. The van der Waals surface area contributed by atoms with E-state index in [2.05, 4.69) is 0 Å². The molecule has 1 aliphatic heterocycles. The van der Waals surface area contributed by atoms with Gasteiger partial charge in [-0.3, -0.25) is 4.79 Å². The Hall–Kier alpha value is -0.820. The third kappa shape index (κ3) is 5.36. The molecule has 0 radical (unpaired) electrons. The average molecular weight is 281 g/mol. The number of likely N-dealkylation sites (tertiary alicyclic amines) is 1. The zero-order valence-electron chi connectivity index (χ0n) is 11.2. The van der Waals surface area contributed by atoms with Gasteiger partial charge in [-0.05, 0) is 26.3 Å². The Balaban J connectivity index is 2.59. The molecule has 19 heavy (non-hydrogen) atoms. The second-order valence-corrected chi connectivity index (χ2v) is 4.90. The molecule has 0 aromatic heterocycles. The zero-order chi connectivity index (χ0) is 14.5. The predicted molar refractivity (Wildman–Crippen MR) is 66.5 cm³/mol. The van der Waals surface area contributed by atoms with Gasteiger partial charge in [0, 0.05) is 26.2 Å². The quantitative estimate of drug-likeness (QED) is 0.820. The molecule has 1 unspecified atom stereocenters. The molecule has 1 rings (SSSR count). The number of carbonyl (C=O) groups excluding carboxylic acids is 1. The first-order valence-corrected chi connectivity index (χ1v) is 6.65. The molecule has 1 amide bonds. The van der Waals surface area contributed by atoms with E-state index in [-0.39, 0.29) is 18.4 Å². The number of amides is 1. The smallest absolute Gasteiger partial charge is 0.334 e. The molecule has 1 heterocycles. The van der Waals surface area contributed by atoms with Crippen LogP contribution >= 0.6 is 0 Å². The number of nitrogens with zero attached hydrogens (tertiary/aromatic N) is 2. The van der Waals surface area contributed by atoms with Crippen molar-refractivity contribution in [2.24, 2.45) is 11.7 Å². The van der Waals surface area contributed by atoms with Crippen LogP contribution in [0.4, 0.5) is 13.2 Å². The van der Waals surface area contributed by atoms with Crippen molar-refractivity contribution < 1.29 is 18.0 Å². The molecule has 0 aromatic carbocycles. The molecule has 0 aromatic rings. The van der Waals surface area contributed by atoms with Crippen LogP contribution in [-0.2, 0) is 4.79 Å². The Morgan fingerprint density at radius 3 is 2.68 bits per heavy atom. The number of hydrogen-bond acceptors (Lipinski definition) is 3. The summed E-state index contributed by atoms with van der Waals surface area (Å²) in [5.74, 6) is -0.718. The Bertz CT molecular complexity index is 294. The largest absolute Gasteiger partial charge is 0.406 e. The van der Waals surface area contributed by atoms with Gasteiger partial charge in [0.25, 0.3) is 0 Å². The van der Waals surface area contributed by atoms with Gasteiger partial charge in [-0.25, -0.2) is 0 Å². The molecule has 0 saturated carbocycles. The lowest BCUT2D eigenvalue weighted by Crippen LogP contribution is -2.48. The van der Waals surface area contributed by atoms with Crippen LogP contribution in [0.5, 0.6) is 0 Å². The highest BCUT2D eigenvalue weighted by molar-refractivity contribution is 5.79. The van der Waals surface area contributed by atoms with Gasteiger partial charge in [-0.15, -0.1) is 0 Å². The molecule has 1 saturated heterocycles. The molecule has 112 valence electrons. The summed E-state index contributed by atoms with van der Waals surface area (Å²) in [6.45, 7) is 3.08. The summed E-state index contributed by atoms with van der Waals surface area (Å²) < 4.78 is 37.2. The van der Waals surface area contributed by atoms with E-state index in [4.69, 9.17) is 5.73 Å². The minimum atomic E-state index is -4.34. The van der Waals surface area contributed by atoms with Gasteiger partial charge in [0.05, 0.1) is 5.92 Å². The highest BCUT2D eigenvalue weighted by atomic mass is 19.4. The van der Waals surface area contributed by atoms with Gasteiger partial charge in [0.1, 0.15) is 6.54 Å². The summed E-state index contributed by atoms with van der Waals surface area (Å²) in [7, 11) is 0. The highest BCUT2D eigenvalue weighted by Gasteiger charge is 2.35. The first-order valence-electron chi connectivity index (χ1n) is 6.65. The fraction of sp³-hybridized carbons (Fsp3) is 0.917. The van der Waals surface area contributed by atoms with Crippen molar-refractivity contribution in [1.82, 2.24) is 9.80 Å². The van der Waals surface area contributed by atoms with E-state index in [0.29, 0.717) is 26.1 Å². The molecule has 1 fully saturated rings. The van der Waals surface area contributed by atoms with Crippen LogP contribution in [0.15, 0.2) is 0 Å². The molecule has 1 aliphatic rings. The van der Waals surface area contributed by atoms with Gasteiger partial charge in [0.15, 0.2) is 0 Å². The zero-order valence-corrected chi connectivity index (χ0v) is 11.2. The number of hydrogen-bond donors (Lipinski definition) is 1. The maximum atomic E-state index is 12.4. The van der Waals surface area contributed by atoms with Crippen molar-refractivity contribution in [2.45, 2.75) is 25.9 Å². The minimum absolute atomic E-state index is 0.0890. The number of halogens is 3. The van der Waals surface area contributed by atoms with Crippen LogP contribution in [0.1, 0.15) is 19.8 Å². The van der Waals surface area contributed by atoms with Gasteiger partial charge < -0.3 is 15.5 Å². The van der Waals surface area contributed by atoms with Crippen LogP contribution in [0.2, 0.25) is 0 Å². The maximum absolute atomic E-state index is 12.4. The molecule has 7 heteroatoms. The summed E-state index contributed by atoms with van der Waals surface area (Å²) in [5, 5.41) is 0. The van der Waals surface area contributed by atoms with Crippen molar-refractivity contribution in [3.63, 3.8) is 0 Å². The van der Waals surface area contributed by atoms with E-state index in [1.54, 1.807) is 6.92 Å². The molecular weight excluding hydrogens is 259 g/mol. The van der Waals surface area contributed by atoms with Crippen LogP contribution in [0.3, 0.4) is 0 Å². The number of carbonyl (C=O) groups is 1. The van der Waals surface area contributed by atoms with Gasteiger partial charge in [-0.1, -0.05) is 0 Å². The van der Waals surface area contributed by atoms with Gasteiger partial charge in [-0.2, -0.15) is 13.2 Å². The van der Waals surface area contributed by atoms with Crippen LogP contribution in [0.25, 0.3) is 0 Å². The third-order valence-electron chi connectivity index (χ3n) is 3.36. The summed E-state index contributed by atoms with van der Waals surface area (Å²) in [6.07, 6.45) is -2.84. The van der Waals surface area contributed by atoms with Crippen LogP contribution in [0, 0.1) is 5.92 Å². The SMILES string of the molecule is CCN(CC(F)(F)F)C(=O)C1CCCN(CCN)C1. The standard InChI is InChI=1S/C12H22F3N3O/c1-2-18(9-12(13,14)15)11(19)10-4-3-6-17(8-10)7-5-16/h10H,2-9,16H2,1H3. The third-order valence-corrected chi connectivity index (χ3v) is 3.36. The predicted octanol–water partition coefficient (Wildman–Crippen LogP) is 1.07. The fourth-order valence-corrected chi connectivity index (χ4v) is 2.46. The number of piperidine rings is 1. The van der Waals surface area contributed by atoms with E-state index in [1.807, 2.05) is 4.90 Å². The van der Waals surface area contributed by atoms with Gasteiger partial charge in [0.2, 0.25) is 5.91 Å². The fourth-order valence-electron chi connectivity index (χ4n) is 2.46. The molecule has 0 bridgehead atoms. The van der Waals surface area contributed by atoms with Crippen molar-refractivity contribution >= 4 is 5.91 Å². The highest BCUT2D eigenvalue weighted by Crippen LogP contribution is 2.22. The first kappa shape index (κ1) is 16.2. The Morgan fingerprint density at radius 2 is 2.16 bits per heavy atom. The van der Waals surface area contributed by atoms with E-state index >= 15 is 0 Å². The Kier molecular flexibility index (Phi) is 6.06. The summed E-state index contributed by atoms with van der Waals surface area (Å²) in [6, 6.07) is 0. The van der Waals surface area contributed by atoms with Crippen molar-refractivity contribution in [3.05, 3.63) is 0 Å². The molecular formula is C12H22F3N3O. The summed E-state index contributed by atoms with van der Waals surface area (Å²) >= 11 is 0. The molecule has 4 nitrogen and oxygen atoms in total. The molecule has 2 N–H and O–H groups in total. The van der Waals surface area contributed by atoms with Gasteiger partial charge >= 0.3 is 6.18 Å².